The smallest absolute Gasteiger partial charge is 0.330 e. The lowest BCUT2D eigenvalue weighted by Crippen LogP contribution is -2.33. The van der Waals surface area contributed by atoms with E-state index in [1.807, 2.05) is 0 Å². The quantitative estimate of drug-likeness (QED) is 0.491. The summed E-state index contributed by atoms with van der Waals surface area (Å²) in [4.78, 5) is 23.6. The van der Waals surface area contributed by atoms with E-state index in [2.05, 4.69) is 5.32 Å². The van der Waals surface area contributed by atoms with Gasteiger partial charge >= 0.3 is 5.97 Å². The van der Waals surface area contributed by atoms with Gasteiger partial charge < -0.3 is 10.1 Å². The van der Waals surface area contributed by atoms with E-state index >= 15 is 0 Å². The van der Waals surface area contributed by atoms with E-state index in [0.717, 1.165) is 0 Å². The van der Waals surface area contributed by atoms with E-state index in [4.69, 9.17) is 4.74 Å². The summed E-state index contributed by atoms with van der Waals surface area (Å²) < 4.78 is 4.70. The van der Waals surface area contributed by atoms with Crippen LogP contribution in [0.3, 0.4) is 0 Å². The Hall–Kier alpha value is -1.36. The van der Waals surface area contributed by atoms with Crippen LogP contribution in [-0.2, 0) is 14.3 Å². The van der Waals surface area contributed by atoms with Crippen molar-refractivity contribution in [1.29, 1.82) is 0 Å². The van der Waals surface area contributed by atoms with Crippen LogP contribution >= 0.6 is 0 Å². The molecule has 1 N–H and O–H groups in total. The largest absolute Gasteiger partial charge is 0.463 e. The van der Waals surface area contributed by atoms with Crippen LogP contribution in [0.15, 0.2) is 12.2 Å². The standard InChI is InChI=1S/C10H18N2O3/c1-4-15-10(14)6-5-7-12(3)8-9(13)11-2/h5-6H,4,7-8H2,1-3H3,(H,11,13)/b6-5+. The molecule has 0 spiro atoms. The summed E-state index contributed by atoms with van der Waals surface area (Å²) in [5, 5.41) is 2.52. The first-order valence-corrected chi connectivity index (χ1v) is 4.82. The minimum Gasteiger partial charge on any atom is -0.463 e. The van der Waals surface area contributed by atoms with Crippen molar-refractivity contribution < 1.29 is 14.3 Å². The van der Waals surface area contributed by atoms with Crippen LogP contribution in [0.2, 0.25) is 0 Å². The Labute approximate surface area is 90.1 Å². The number of esters is 1. The second-order valence-corrected chi connectivity index (χ2v) is 3.02. The third kappa shape index (κ3) is 7.69. The molecule has 0 aliphatic rings. The highest BCUT2D eigenvalue weighted by molar-refractivity contribution is 5.81. The predicted molar refractivity (Wildman–Crippen MR) is 57.3 cm³/mol. The van der Waals surface area contributed by atoms with Crippen LogP contribution in [0.1, 0.15) is 6.92 Å². The van der Waals surface area contributed by atoms with E-state index in [-0.39, 0.29) is 11.9 Å². The van der Waals surface area contributed by atoms with Gasteiger partial charge in [-0.25, -0.2) is 4.79 Å². The minimum absolute atomic E-state index is 0.0537. The second-order valence-electron chi connectivity index (χ2n) is 3.02. The molecule has 0 bridgehead atoms. The van der Waals surface area contributed by atoms with Crippen molar-refractivity contribution in [2.24, 2.45) is 0 Å². The van der Waals surface area contributed by atoms with Crippen LogP contribution in [-0.4, -0.2) is 50.6 Å². The van der Waals surface area contributed by atoms with Crippen molar-refractivity contribution in [3.8, 4) is 0 Å². The van der Waals surface area contributed by atoms with Gasteiger partial charge in [0.2, 0.25) is 5.91 Å². The topological polar surface area (TPSA) is 58.6 Å². The average molecular weight is 214 g/mol. The number of likely N-dealkylation sites (N-methyl/N-ethyl adjacent to an activating group) is 2. The first-order chi connectivity index (χ1) is 7.10. The molecule has 0 radical (unpaired) electrons. The number of carbonyl (C=O) groups excluding carboxylic acids is 2. The van der Waals surface area contributed by atoms with Gasteiger partial charge in [-0.15, -0.1) is 0 Å². The third-order valence-corrected chi connectivity index (χ3v) is 1.65. The van der Waals surface area contributed by atoms with Crippen molar-refractivity contribution in [3.63, 3.8) is 0 Å². The Morgan fingerprint density at radius 3 is 2.67 bits per heavy atom. The van der Waals surface area contributed by atoms with Gasteiger partial charge in [0.05, 0.1) is 13.2 Å². The summed E-state index contributed by atoms with van der Waals surface area (Å²) in [5.41, 5.74) is 0. The first-order valence-electron chi connectivity index (χ1n) is 4.82. The molecule has 0 saturated carbocycles. The molecule has 5 heteroatoms. The number of ether oxygens (including phenoxy) is 1. The molecule has 0 aromatic rings. The molecule has 0 aliphatic heterocycles. The van der Waals surface area contributed by atoms with Gasteiger partial charge in [-0.1, -0.05) is 6.08 Å². The Bertz CT molecular complexity index is 239. The van der Waals surface area contributed by atoms with Crippen LogP contribution in [0.4, 0.5) is 0 Å². The average Bonchev–Trinajstić information content (AvgIpc) is 2.18. The Balaban J connectivity index is 3.74. The number of nitrogens with zero attached hydrogens (tertiary/aromatic N) is 1. The van der Waals surface area contributed by atoms with Gasteiger partial charge in [0, 0.05) is 19.7 Å². The fourth-order valence-electron chi connectivity index (χ4n) is 0.908. The highest BCUT2D eigenvalue weighted by Gasteiger charge is 2.02. The molecular weight excluding hydrogens is 196 g/mol. The molecule has 5 nitrogen and oxygen atoms in total. The molecule has 0 aliphatic carbocycles. The summed E-state index contributed by atoms with van der Waals surface area (Å²) in [6, 6.07) is 0. The van der Waals surface area contributed by atoms with E-state index in [1.54, 1.807) is 32.0 Å². The number of hydrogen-bond donors (Lipinski definition) is 1. The summed E-state index contributed by atoms with van der Waals surface area (Å²) >= 11 is 0. The van der Waals surface area contributed by atoms with Crippen LogP contribution < -0.4 is 5.32 Å². The molecule has 0 aromatic heterocycles. The molecule has 0 atom stereocenters. The zero-order chi connectivity index (χ0) is 11.7. The molecule has 0 heterocycles. The number of nitrogens with one attached hydrogen (secondary N) is 1. The molecule has 0 unspecified atom stereocenters. The van der Waals surface area contributed by atoms with E-state index < -0.39 is 0 Å². The highest BCUT2D eigenvalue weighted by Crippen LogP contribution is 1.86. The lowest BCUT2D eigenvalue weighted by atomic mass is 10.4. The van der Waals surface area contributed by atoms with Gasteiger partial charge in [-0.3, -0.25) is 9.69 Å². The molecule has 0 rings (SSSR count). The zero-order valence-corrected chi connectivity index (χ0v) is 9.45. The van der Waals surface area contributed by atoms with Gasteiger partial charge in [-0.2, -0.15) is 0 Å². The van der Waals surface area contributed by atoms with E-state index in [9.17, 15) is 9.59 Å². The SMILES string of the molecule is CCOC(=O)/C=C/CN(C)CC(=O)NC. The Kier molecular flexibility index (Phi) is 7.27. The molecule has 1 amide bonds. The monoisotopic (exact) mass is 214 g/mol. The summed E-state index contributed by atoms with van der Waals surface area (Å²) in [6.45, 7) is 2.97. The van der Waals surface area contributed by atoms with Gasteiger partial charge in [-0.05, 0) is 14.0 Å². The van der Waals surface area contributed by atoms with Gasteiger partial charge in [0.1, 0.15) is 0 Å². The van der Waals surface area contributed by atoms with Gasteiger partial charge in [0.25, 0.3) is 0 Å². The highest BCUT2D eigenvalue weighted by atomic mass is 16.5. The van der Waals surface area contributed by atoms with E-state index in [1.165, 1.54) is 6.08 Å². The zero-order valence-electron chi connectivity index (χ0n) is 9.45. The van der Waals surface area contributed by atoms with E-state index in [0.29, 0.717) is 19.7 Å². The molecule has 0 aromatic carbocycles. The number of amides is 1. The molecule has 86 valence electrons. The van der Waals surface area contributed by atoms with Crippen LogP contribution in [0, 0.1) is 0 Å². The lowest BCUT2D eigenvalue weighted by molar-refractivity contribution is -0.137. The first kappa shape index (κ1) is 13.6. The molecular formula is C10H18N2O3. The maximum atomic E-state index is 11.0. The maximum absolute atomic E-state index is 11.0. The fraction of sp³-hybridized carbons (Fsp3) is 0.600. The normalized spacial score (nSPS) is 10.7. The Morgan fingerprint density at radius 1 is 1.47 bits per heavy atom. The number of carbonyl (C=O) groups is 2. The second kappa shape index (κ2) is 7.99. The molecule has 15 heavy (non-hydrogen) atoms. The molecule has 0 fully saturated rings. The van der Waals surface area contributed by atoms with Crippen LogP contribution in [0.5, 0.6) is 0 Å². The Morgan fingerprint density at radius 2 is 2.13 bits per heavy atom. The van der Waals surface area contributed by atoms with Crippen molar-refractivity contribution in [3.05, 3.63) is 12.2 Å². The number of hydrogen-bond acceptors (Lipinski definition) is 4. The number of rotatable bonds is 6. The summed E-state index contributed by atoms with van der Waals surface area (Å²) in [7, 11) is 3.38. The lowest BCUT2D eigenvalue weighted by Gasteiger charge is -2.12. The van der Waals surface area contributed by atoms with Crippen molar-refractivity contribution in [2.75, 3.05) is 33.8 Å². The van der Waals surface area contributed by atoms with Crippen LogP contribution in [0.25, 0.3) is 0 Å². The van der Waals surface area contributed by atoms with Crippen molar-refractivity contribution in [2.45, 2.75) is 6.92 Å². The maximum Gasteiger partial charge on any atom is 0.330 e. The summed E-state index contributed by atoms with van der Waals surface area (Å²) in [6.07, 6.45) is 3.03. The summed E-state index contributed by atoms with van der Waals surface area (Å²) in [5.74, 6) is -0.409. The molecule has 0 saturated heterocycles. The van der Waals surface area contributed by atoms with Crippen molar-refractivity contribution >= 4 is 11.9 Å². The fourth-order valence-corrected chi connectivity index (χ4v) is 0.908. The van der Waals surface area contributed by atoms with Gasteiger partial charge in [0.15, 0.2) is 0 Å². The van der Waals surface area contributed by atoms with Crippen molar-refractivity contribution in [1.82, 2.24) is 10.2 Å². The third-order valence-electron chi connectivity index (χ3n) is 1.65. The minimum atomic E-state index is -0.356. The predicted octanol–water partition coefficient (Wildman–Crippen LogP) is -0.216.